The van der Waals surface area contributed by atoms with E-state index in [1.807, 2.05) is 0 Å². The van der Waals surface area contributed by atoms with Gasteiger partial charge in [-0.05, 0) is 49.9 Å². The highest BCUT2D eigenvalue weighted by molar-refractivity contribution is 5.04. The van der Waals surface area contributed by atoms with Gasteiger partial charge in [-0.25, -0.2) is 0 Å². The van der Waals surface area contributed by atoms with Crippen LogP contribution < -0.4 is 5.73 Å². The van der Waals surface area contributed by atoms with Crippen LogP contribution in [0.3, 0.4) is 0 Å². The fourth-order valence-electron chi connectivity index (χ4n) is 3.67. The fraction of sp³-hybridized carbons (Fsp3) is 1.00. The van der Waals surface area contributed by atoms with Gasteiger partial charge < -0.3 is 5.73 Å². The summed E-state index contributed by atoms with van der Waals surface area (Å²) < 4.78 is 0. The number of hydrogen-bond acceptors (Lipinski definition) is 1. The van der Waals surface area contributed by atoms with Gasteiger partial charge in [0.1, 0.15) is 0 Å². The van der Waals surface area contributed by atoms with Gasteiger partial charge in [-0.2, -0.15) is 0 Å². The summed E-state index contributed by atoms with van der Waals surface area (Å²) in [6, 6.07) is 0. The summed E-state index contributed by atoms with van der Waals surface area (Å²) in [7, 11) is 0. The summed E-state index contributed by atoms with van der Waals surface area (Å²) in [5.74, 6) is 2.98. The van der Waals surface area contributed by atoms with Crippen molar-refractivity contribution in [3.63, 3.8) is 0 Å². The van der Waals surface area contributed by atoms with Crippen LogP contribution in [0.15, 0.2) is 0 Å². The maximum absolute atomic E-state index is 6.52. The van der Waals surface area contributed by atoms with Crippen molar-refractivity contribution in [3.8, 4) is 0 Å². The molecule has 0 aromatic heterocycles. The second-order valence-corrected chi connectivity index (χ2v) is 5.80. The molecule has 74 valence electrons. The first-order valence-corrected chi connectivity index (χ1v) is 6.05. The molecule has 0 heterocycles. The summed E-state index contributed by atoms with van der Waals surface area (Å²) >= 11 is 0. The summed E-state index contributed by atoms with van der Waals surface area (Å²) in [5.41, 5.74) is 6.80. The Labute approximate surface area is 81.1 Å². The maximum atomic E-state index is 6.52. The van der Waals surface area contributed by atoms with E-state index in [0.29, 0.717) is 0 Å². The lowest BCUT2D eigenvalue weighted by Gasteiger charge is -2.34. The monoisotopic (exact) mass is 179 g/mol. The van der Waals surface area contributed by atoms with Crippen LogP contribution in [0.4, 0.5) is 0 Å². The molecule has 0 radical (unpaired) electrons. The van der Waals surface area contributed by atoms with Gasteiger partial charge in [0, 0.05) is 5.54 Å². The van der Waals surface area contributed by atoms with Gasteiger partial charge in [0.15, 0.2) is 0 Å². The smallest absolute Gasteiger partial charge is 0.0185 e. The third kappa shape index (κ3) is 1.41. The minimum absolute atomic E-state index is 0.283. The van der Waals surface area contributed by atoms with E-state index in [1.54, 1.807) is 0 Å². The second-order valence-electron chi connectivity index (χ2n) is 5.80. The molecule has 0 amide bonds. The van der Waals surface area contributed by atoms with Gasteiger partial charge >= 0.3 is 0 Å². The van der Waals surface area contributed by atoms with Crippen molar-refractivity contribution in [1.82, 2.24) is 0 Å². The normalized spacial score (nSPS) is 48.7. The topological polar surface area (TPSA) is 26.0 Å². The number of rotatable bonds is 3. The second kappa shape index (κ2) is 2.73. The number of fused-ring (bicyclic) bond motifs is 2. The van der Waals surface area contributed by atoms with E-state index >= 15 is 0 Å². The predicted octanol–water partition coefficient (Wildman–Crippen LogP) is 2.69. The molecule has 3 saturated carbocycles. The minimum atomic E-state index is 0.283. The molecule has 3 unspecified atom stereocenters. The molecular weight excluding hydrogens is 158 g/mol. The highest BCUT2D eigenvalue weighted by atomic mass is 14.8. The van der Waals surface area contributed by atoms with Crippen molar-refractivity contribution < 1.29 is 0 Å². The summed E-state index contributed by atoms with van der Waals surface area (Å²) in [4.78, 5) is 0. The molecule has 3 atom stereocenters. The van der Waals surface area contributed by atoms with Gasteiger partial charge in [-0.3, -0.25) is 0 Å². The molecule has 0 saturated heterocycles. The highest BCUT2D eigenvalue weighted by Gasteiger charge is 2.48. The molecule has 0 spiro atoms. The molecule has 3 aliphatic carbocycles. The van der Waals surface area contributed by atoms with Gasteiger partial charge in [-0.1, -0.05) is 19.3 Å². The van der Waals surface area contributed by atoms with E-state index in [1.165, 1.54) is 51.4 Å². The first kappa shape index (κ1) is 8.28. The van der Waals surface area contributed by atoms with Crippen LogP contribution in [0.1, 0.15) is 51.4 Å². The lowest BCUT2D eigenvalue weighted by Crippen LogP contribution is -2.44. The maximum Gasteiger partial charge on any atom is 0.0185 e. The molecular formula is C12H21N. The first-order valence-electron chi connectivity index (χ1n) is 6.05. The largest absolute Gasteiger partial charge is 0.325 e. The Morgan fingerprint density at radius 2 is 2.00 bits per heavy atom. The molecule has 0 aromatic rings. The van der Waals surface area contributed by atoms with E-state index < -0.39 is 0 Å². The van der Waals surface area contributed by atoms with Crippen LogP contribution in [0.25, 0.3) is 0 Å². The van der Waals surface area contributed by atoms with E-state index in [9.17, 15) is 0 Å². The average Bonchev–Trinajstić information content (AvgIpc) is 2.75. The number of hydrogen-bond donors (Lipinski definition) is 1. The zero-order chi connectivity index (χ0) is 8.89. The Morgan fingerprint density at radius 1 is 1.15 bits per heavy atom. The van der Waals surface area contributed by atoms with Crippen molar-refractivity contribution >= 4 is 0 Å². The molecule has 0 aliphatic heterocycles. The molecule has 2 bridgehead atoms. The lowest BCUT2D eigenvalue weighted by molar-refractivity contribution is 0.245. The molecule has 2 N–H and O–H groups in total. The quantitative estimate of drug-likeness (QED) is 0.708. The Kier molecular flexibility index (Phi) is 1.74. The van der Waals surface area contributed by atoms with Crippen molar-refractivity contribution in [1.29, 1.82) is 0 Å². The molecule has 1 heteroatoms. The van der Waals surface area contributed by atoms with Crippen LogP contribution in [0, 0.1) is 17.8 Å². The van der Waals surface area contributed by atoms with Crippen LogP contribution in [-0.4, -0.2) is 5.54 Å². The Morgan fingerprint density at radius 3 is 2.54 bits per heavy atom. The number of nitrogens with two attached hydrogens (primary N) is 1. The summed E-state index contributed by atoms with van der Waals surface area (Å²) in [5, 5.41) is 0. The van der Waals surface area contributed by atoms with Crippen LogP contribution in [0.2, 0.25) is 0 Å². The Hall–Kier alpha value is -0.0400. The molecule has 3 fully saturated rings. The molecule has 13 heavy (non-hydrogen) atoms. The molecule has 3 rings (SSSR count). The zero-order valence-electron chi connectivity index (χ0n) is 8.47. The third-order valence-electron chi connectivity index (χ3n) is 4.74. The fourth-order valence-corrected chi connectivity index (χ4v) is 3.67. The van der Waals surface area contributed by atoms with Crippen LogP contribution in [-0.2, 0) is 0 Å². The summed E-state index contributed by atoms with van der Waals surface area (Å²) in [6.07, 6.45) is 11.5. The van der Waals surface area contributed by atoms with E-state index in [0.717, 1.165) is 17.8 Å². The lowest BCUT2D eigenvalue weighted by atomic mass is 9.78. The van der Waals surface area contributed by atoms with E-state index in [4.69, 9.17) is 5.73 Å². The molecule has 3 aliphatic rings. The zero-order valence-corrected chi connectivity index (χ0v) is 8.47. The van der Waals surface area contributed by atoms with Crippen molar-refractivity contribution in [2.24, 2.45) is 23.5 Å². The van der Waals surface area contributed by atoms with Crippen molar-refractivity contribution in [2.45, 2.75) is 56.9 Å². The summed E-state index contributed by atoms with van der Waals surface area (Å²) in [6.45, 7) is 0. The van der Waals surface area contributed by atoms with Gasteiger partial charge in [0.2, 0.25) is 0 Å². The molecule has 1 nitrogen and oxygen atoms in total. The predicted molar refractivity (Wildman–Crippen MR) is 54.3 cm³/mol. The standard InChI is InChI=1S/C12H21N/c13-12(6-5-9-1-2-9)8-10-3-4-11(12)7-10/h9-11H,1-8,13H2. The van der Waals surface area contributed by atoms with Crippen LogP contribution in [0.5, 0.6) is 0 Å². The van der Waals surface area contributed by atoms with Gasteiger partial charge in [0.25, 0.3) is 0 Å². The van der Waals surface area contributed by atoms with E-state index in [2.05, 4.69) is 0 Å². The van der Waals surface area contributed by atoms with Crippen molar-refractivity contribution in [2.75, 3.05) is 0 Å². The third-order valence-corrected chi connectivity index (χ3v) is 4.74. The van der Waals surface area contributed by atoms with Gasteiger partial charge in [-0.15, -0.1) is 0 Å². The Balaban J connectivity index is 1.60. The average molecular weight is 179 g/mol. The SMILES string of the molecule is NC1(CCC2CC2)CC2CCC1C2. The molecule has 0 aromatic carbocycles. The minimum Gasteiger partial charge on any atom is -0.325 e. The highest BCUT2D eigenvalue weighted by Crippen LogP contribution is 2.52. The van der Waals surface area contributed by atoms with Crippen LogP contribution >= 0.6 is 0 Å². The Bertz CT molecular complexity index is 209. The first-order chi connectivity index (χ1) is 6.26. The van der Waals surface area contributed by atoms with Crippen molar-refractivity contribution in [3.05, 3.63) is 0 Å². The van der Waals surface area contributed by atoms with E-state index in [-0.39, 0.29) is 5.54 Å². The van der Waals surface area contributed by atoms with Gasteiger partial charge in [0.05, 0.1) is 0 Å².